The molecule has 29 heavy (non-hydrogen) atoms. The Balaban J connectivity index is 1.43. The number of carbonyl (C=O) groups is 1. The maximum absolute atomic E-state index is 12.2. The molecule has 1 N–H and O–H groups in total. The third-order valence-corrected chi connectivity index (χ3v) is 4.91. The maximum Gasteiger partial charge on any atom is 0.220 e. The largest absolute Gasteiger partial charge is 0.441 e. The highest BCUT2D eigenvalue weighted by Gasteiger charge is 2.10. The normalized spacial score (nSPS) is 10.7. The van der Waals surface area contributed by atoms with E-state index in [0.717, 1.165) is 24.4 Å². The van der Waals surface area contributed by atoms with Gasteiger partial charge in [0, 0.05) is 43.7 Å². The van der Waals surface area contributed by atoms with Crippen molar-refractivity contribution in [2.24, 2.45) is 0 Å². The van der Waals surface area contributed by atoms with Crippen molar-refractivity contribution in [1.82, 2.24) is 10.3 Å². The number of hydrogen-bond acceptors (Lipinski definition) is 4. The Morgan fingerprint density at radius 2 is 1.90 bits per heavy atom. The Labute approximate surface area is 172 Å². The Morgan fingerprint density at radius 1 is 1.10 bits per heavy atom. The number of aryl methyl sites for hydroxylation is 3. The summed E-state index contributed by atoms with van der Waals surface area (Å²) in [6.07, 6.45) is 2.58. The van der Waals surface area contributed by atoms with E-state index in [1.54, 1.807) is 6.20 Å². The summed E-state index contributed by atoms with van der Waals surface area (Å²) in [4.78, 5) is 18.8. The van der Waals surface area contributed by atoms with Gasteiger partial charge in [0.05, 0.1) is 6.20 Å². The topological polar surface area (TPSA) is 58.4 Å². The molecule has 0 radical (unpaired) electrons. The summed E-state index contributed by atoms with van der Waals surface area (Å²) < 4.78 is 5.79. The average molecular weight is 392 g/mol. The molecule has 0 unspecified atom stereocenters. The number of benzene rings is 2. The molecule has 0 bridgehead atoms. The van der Waals surface area contributed by atoms with Crippen molar-refractivity contribution in [1.29, 1.82) is 0 Å². The van der Waals surface area contributed by atoms with Gasteiger partial charge in [0.1, 0.15) is 0 Å². The molecule has 0 saturated heterocycles. The molecular formula is C24H29N3O2. The van der Waals surface area contributed by atoms with Crippen LogP contribution in [-0.2, 0) is 11.2 Å². The van der Waals surface area contributed by atoms with E-state index in [2.05, 4.69) is 60.2 Å². The number of hydrogen-bond donors (Lipinski definition) is 1. The number of aromatic nitrogens is 1. The zero-order chi connectivity index (χ0) is 20.6. The van der Waals surface area contributed by atoms with E-state index in [0.29, 0.717) is 25.3 Å². The van der Waals surface area contributed by atoms with Gasteiger partial charge in [-0.1, -0.05) is 42.0 Å². The smallest absolute Gasteiger partial charge is 0.220 e. The van der Waals surface area contributed by atoms with Crippen LogP contribution in [0.25, 0.3) is 11.3 Å². The van der Waals surface area contributed by atoms with Gasteiger partial charge in [-0.05, 0) is 38.5 Å². The number of rotatable bonds is 9. The molecule has 3 aromatic rings. The molecule has 1 aromatic heterocycles. The lowest BCUT2D eigenvalue weighted by molar-refractivity contribution is -0.121. The van der Waals surface area contributed by atoms with Crippen LogP contribution in [0.1, 0.15) is 30.4 Å². The van der Waals surface area contributed by atoms with Crippen molar-refractivity contribution in [3.63, 3.8) is 0 Å². The number of likely N-dealkylation sites (N-methyl/N-ethyl adjacent to an activating group) is 1. The summed E-state index contributed by atoms with van der Waals surface area (Å²) in [7, 11) is 0. The first-order valence-electron chi connectivity index (χ1n) is 10.1. The molecule has 0 saturated carbocycles. The second kappa shape index (κ2) is 9.92. The van der Waals surface area contributed by atoms with Crippen LogP contribution < -0.4 is 10.2 Å². The van der Waals surface area contributed by atoms with Gasteiger partial charge in [0.25, 0.3) is 0 Å². The Hall–Kier alpha value is -3.08. The van der Waals surface area contributed by atoms with Gasteiger partial charge in [-0.2, -0.15) is 0 Å². The van der Waals surface area contributed by atoms with Gasteiger partial charge in [0.2, 0.25) is 5.91 Å². The molecule has 1 amide bonds. The molecule has 0 fully saturated rings. The Kier molecular flexibility index (Phi) is 7.06. The zero-order valence-corrected chi connectivity index (χ0v) is 17.4. The number of nitrogens with zero attached hydrogens (tertiary/aromatic N) is 2. The van der Waals surface area contributed by atoms with Crippen molar-refractivity contribution < 1.29 is 9.21 Å². The van der Waals surface area contributed by atoms with E-state index in [1.807, 2.05) is 24.3 Å². The summed E-state index contributed by atoms with van der Waals surface area (Å²) in [6, 6.07) is 16.5. The highest BCUT2D eigenvalue weighted by molar-refractivity contribution is 5.76. The minimum absolute atomic E-state index is 0.0142. The van der Waals surface area contributed by atoms with E-state index in [-0.39, 0.29) is 5.91 Å². The van der Waals surface area contributed by atoms with Crippen molar-refractivity contribution in [3.8, 4) is 11.3 Å². The monoisotopic (exact) mass is 391 g/mol. The highest BCUT2D eigenvalue weighted by atomic mass is 16.4. The minimum Gasteiger partial charge on any atom is -0.441 e. The number of nitrogens with one attached hydrogen (secondary N) is 1. The lowest BCUT2D eigenvalue weighted by Gasteiger charge is -2.23. The number of oxazole rings is 1. The quantitative estimate of drug-likeness (QED) is 0.582. The van der Waals surface area contributed by atoms with Crippen molar-refractivity contribution in [3.05, 3.63) is 71.7 Å². The fourth-order valence-electron chi connectivity index (χ4n) is 3.21. The third kappa shape index (κ3) is 5.95. The van der Waals surface area contributed by atoms with E-state index in [1.165, 1.54) is 16.8 Å². The fraction of sp³-hybridized carbons (Fsp3) is 0.333. The van der Waals surface area contributed by atoms with Crippen LogP contribution in [0, 0.1) is 13.8 Å². The van der Waals surface area contributed by atoms with Gasteiger partial charge in [-0.25, -0.2) is 4.98 Å². The first-order chi connectivity index (χ1) is 14.0. The molecule has 5 nitrogen and oxygen atoms in total. The van der Waals surface area contributed by atoms with Crippen molar-refractivity contribution in [2.45, 2.75) is 33.6 Å². The second-order valence-electron chi connectivity index (χ2n) is 7.25. The first kappa shape index (κ1) is 20.6. The van der Waals surface area contributed by atoms with Crippen LogP contribution >= 0.6 is 0 Å². The van der Waals surface area contributed by atoms with Crippen LogP contribution in [0.5, 0.6) is 0 Å². The summed E-state index contributed by atoms with van der Waals surface area (Å²) in [5.74, 6) is 1.34. The Morgan fingerprint density at radius 3 is 2.62 bits per heavy atom. The number of carbonyl (C=O) groups excluding carboxylic acids is 1. The SMILES string of the molecule is CCN(CCNC(=O)CCc1ncc(-c2ccc(C)cc2)o1)c1cccc(C)c1. The van der Waals surface area contributed by atoms with E-state index in [4.69, 9.17) is 4.42 Å². The lowest BCUT2D eigenvalue weighted by atomic mass is 10.1. The molecule has 2 aromatic carbocycles. The average Bonchev–Trinajstić information content (AvgIpc) is 3.19. The van der Waals surface area contributed by atoms with Gasteiger partial charge in [0.15, 0.2) is 11.7 Å². The molecule has 0 spiro atoms. The van der Waals surface area contributed by atoms with Crippen molar-refractivity contribution >= 4 is 11.6 Å². The molecule has 0 aliphatic heterocycles. The molecule has 3 rings (SSSR count). The third-order valence-electron chi connectivity index (χ3n) is 4.91. The van der Waals surface area contributed by atoms with Gasteiger partial charge >= 0.3 is 0 Å². The predicted molar refractivity (Wildman–Crippen MR) is 117 cm³/mol. The summed E-state index contributed by atoms with van der Waals surface area (Å²) in [5.41, 5.74) is 4.62. The van der Waals surface area contributed by atoms with Crippen molar-refractivity contribution in [2.75, 3.05) is 24.5 Å². The maximum atomic E-state index is 12.2. The number of anilines is 1. The Bertz CT molecular complexity index is 931. The number of amides is 1. The van der Waals surface area contributed by atoms with Gasteiger partial charge in [-0.3, -0.25) is 4.79 Å². The standard InChI is InChI=1S/C24H29N3O2/c1-4-27(21-7-5-6-19(3)16-21)15-14-25-23(28)12-13-24-26-17-22(29-24)20-10-8-18(2)9-11-20/h5-11,16-17H,4,12-15H2,1-3H3,(H,25,28). The fourth-order valence-corrected chi connectivity index (χ4v) is 3.21. The summed E-state index contributed by atoms with van der Waals surface area (Å²) >= 11 is 0. The van der Waals surface area contributed by atoms with E-state index < -0.39 is 0 Å². The van der Waals surface area contributed by atoms with Crippen LogP contribution in [0.2, 0.25) is 0 Å². The second-order valence-corrected chi connectivity index (χ2v) is 7.25. The molecule has 0 aliphatic carbocycles. The lowest BCUT2D eigenvalue weighted by Crippen LogP contribution is -2.35. The molecule has 0 aliphatic rings. The van der Waals surface area contributed by atoms with E-state index >= 15 is 0 Å². The first-order valence-corrected chi connectivity index (χ1v) is 10.1. The van der Waals surface area contributed by atoms with E-state index in [9.17, 15) is 4.79 Å². The molecule has 1 heterocycles. The van der Waals surface area contributed by atoms with Crippen LogP contribution in [0.3, 0.4) is 0 Å². The summed E-state index contributed by atoms with van der Waals surface area (Å²) in [5, 5.41) is 3.00. The predicted octanol–water partition coefficient (Wildman–Crippen LogP) is 4.53. The molecule has 5 heteroatoms. The molecular weight excluding hydrogens is 362 g/mol. The van der Waals surface area contributed by atoms with Crippen LogP contribution in [-0.4, -0.2) is 30.5 Å². The molecule has 0 atom stereocenters. The zero-order valence-electron chi connectivity index (χ0n) is 17.4. The van der Waals surface area contributed by atoms with Gasteiger partial charge < -0.3 is 14.6 Å². The highest BCUT2D eigenvalue weighted by Crippen LogP contribution is 2.21. The molecule has 152 valence electrons. The van der Waals surface area contributed by atoms with Crippen LogP contribution in [0.4, 0.5) is 5.69 Å². The van der Waals surface area contributed by atoms with Gasteiger partial charge in [-0.15, -0.1) is 0 Å². The minimum atomic E-state index is 0.0142. The summed E-state index contributed by atoms with van der Waals surface area (Å²) in [6.45, 7) is 8.56. The van der Waals surface area contributed by atoms with Crippen LogP contribution in [0.15, 0.2) is 59.1 Å².